The highest BCUT2D eigenvalue weighted by Gasteiger charge is 2.15. The molecule has 20 heavy (non-hydrogen) atoms. The van der Waals surface area contributed by atoms with Crippen LogP contribution in [0, 0.1) is 6.92 Å². The number of nitrogens with two attached hydrogens (primary N) is 1. The minimum atomic E-state index is 0.230. The highest BCUT2D eigenvalue weighted by atomic mass is 16.5. The molecule has 2 N–H and O–H groups in total. The number of anilines is 1. The SMILES string of the molecule is COc1cc(-c2cc(C)nc(N)n2)cc(OC)c1OC. The third-order valence-corrected chi connectivity index (χ3v) is 2.83. The topological polar surface area (TPSA) is 79.5 Å². The van der Waals surface area contributed by atoms with Gasteiger partial charge in [0.1, 0.15) is 0 Å². The molecule has 1 heterocycles. The van der Waals surface area contributed by atoms with E-state index in [1.54, 1.807) is 21.3 Å². The molecule has 0 bridgehead atoms. The molecule has 2 aromatic rings. The van der Waals surface area contributed by atoms with Crippen molar-refractivity contribution >= 4 is 5.95 Å². The Morgan fingerprint density at radius 2 is 1.50 bits per heavy atom. The Bertz CT molecular complexity index is 584. The number of aryl methyl sites for hydroxylation is 1. The van der Waals surface area contributed by atoms with Gasteiger partial charge in [-0.05, 0) is 25.1 Å². The summed E-state index contributed by atoms with van der Waals surface area (Å²) < 4.78 is 15.9. The molecule has 1 aromatic heterocycles. The summed E-state index contributed by atoms with van der Waals surface area (Å²) >= 11 is 0. The summed E-state index contributed by atoms with van der Waals surface area (Å²) in [5, 5.41) is 0. The summed E-state index contributed by atoms with van der Waals surface area (Å²) in [6.45, 7) is 1.86. The standard InChI is InChI=1S/C14H17N3O3/c1-8-5-10(17-14(15)16-8)9-6-11(18-2)13(20-4)12(7-9)19-3/h5-7H,1-4H3,(H2,15,16,17). The van der Waals surface area contributed by atoms with Crippen molar-refractivity contribution in [3.05, 3.63) is 23.9 Å². The zero-order valence-corrected chi connectivity index (χ0v) is 11.9. The molecular formula is C14H17N3O3. The highest BCUT2D eigenvalue weighted by molar-refractivity contribution is 5.69. The highest BCUT2D eigenvalue weighted by Crippen LogP contribution is 2.40. The molecule has 106 valence electrons. The molecule has 6 heteroatoms. The monoisotopic (exact) mass is 275 g/mol. The third kappa shape index (κ3) is 2.59. The number of hydrogen-bond acceptors (Lipinski definition) is 6. The molecule has 0 aliphatic rings. The smallest absolute Gasteiger partial charge is 0.220 e. The van der Waals surface area contributed by atoms with Crippen molar-refractivity contribution in [2.45, 2.75) is 6.92 Å². The van der Waals surface area contributed by atoms with E-state index in [9.17, 15) is 0 Å². The van der Waals surface area contributed by atoms with Gasteiger partial charge in [0.2, 0.25) is 11.7 Å². The first-order valence-electron chi connectivity index (χ1n) is 6.00. The van der Waals surface area contributed by atoms with Gasteiger partial charge in [-0.2, -0.15) is 0 Å². The third-order valence-electron chi connectivity index (χ3n) is 2.83. The predicted molar refractivity (Wildman–Crippen MR) is 76.3 cm³/mol. The number of hydrogen-bond donors (Lipinski definition) is 1. The van der Waals surface area contributed by atoms with E-state index in [-0.39, 0.29) is 5.95 Å². The molecule has 0 amide bonds. The van der Waals surface area contributed by atoms with Crippen LogP contribution in [-0.4, -0.2) is 31.3 Å². The van der Waals surface area contributed by atoms with Crippen LogP contribution in [0.2, 0.25) is 0 Å². The van der Waals surface area contributed by atoms with Crippen LogP contribution in [0.1, 0.15) is 5.69 Å². The molecule has 0 unspecified atom stereocenters. The van der Waals surface area contributed by atoms with Gasteiger partial charge in [0.25, 0.3) is 0 Å². The normalized spacial score (nSPS) is 10.2. The van der Waals surface area contributed by atoms with Crippen molar-refractivity contribution in [2.24, 2.45) is 0 Å². The van der Waals surface area contributed by atoms with E-state index >= 15 is 0 Å². The minimum Gasteiger partial charge on any atom is -0.493 e. The van der Waals surface area contributed by atoms with E-state index in [1.807, 2.05) is 25.1 Å². The van der Waals surface area contributed by atoms with Crippen LogP contribution in [0.4, 0.5) is 5.95 Å². The Hall–Kier alpha value is -2.50. The number of nitrogen functional groups attached to an aromatic ring is 1. The molecule has 0 aliphatic carbocycles. The van der Waals surface area contributed by atoms with Gasteiger partial charge >= 0.3 is 0 Å². The number of benzene rings is 1. The first-order valence-corrected chi connectivity index (χ1v) is 6.00. The van der Waals surface area contributed by atoms with Crippen molar-refractivity contribution in [1.29, 1.82) is 0 Å². The Morgan fingerprint density at radius 1 is 0.900 bits per heavy atom. The molecule has 6 nitrogen and oxygen atoms in total. The average Bonchev–Trinajstić information content (AvgIpc) is 2.44. The van der Waals surface area contributed by atoms with Crippen LogP contribution in [0.5, 0.6) is 17.2 Å². The molecule has 2 rings (SSSR count). The van der Waals surface area contributed by atoms with E-state index < -0.39 is 0 Å². The zero-order valence-electron chi connectivity index (χ0n) is 11.9. The molecule has 0 aliphatic heterocycles. The van der Waals surface area contributed by atoms with E-state index in [0.717, 1.165) is 11.3 Å². The van der Waals surface area contributed by atoms with Crippen molar-refractivity contribution in [2.75, 3.05) is 27.1 Å². The fraction of sp³-hybridized carbons (Fsp3) is 0.286. The number of rotatable bonds is 4. The van der Waals surface area contributed by atoms with Crippen LogP contribution in [0.25, 0.3) is 11.3 Å². The van der Waals surface area contributed by atoms with Gasteiger partial charge in [-0.3, -0.25) is 0 Å². The van der Waals surface area contributed by atoms with Gasteiger partial charge in [-0.15, -0.1) is 0 Å². The van der Waals surface area contributed by atoms with E-state index in [2.05, 4.69) is 9.97 Å². The Morgan fingerprint density at radius 3 is 1.95 bits per heavy atom. The Kier molecular flexibility index (Phi) is 3.93. The lowest BCUT2D eigenvalue weighted by Gasteiger charge is -2.14. The van der Waals surface area contributed by atoms with Crippen LogP contribution in [-0.2, 0) is 0 Å². The van der Waals surface area contributed by atoms with Gasteiger partial charge in [0.15, 0.2) is 11.5 Å². The number of nitrogens with zero attached hydrogens (tertiary/aromatic N) is 2. The minimum absolute atomic E-state index is 0.230. The van der Waals surface area contributed by atoms with E-state index in [0.29, 0.717) is 22.9 Å². The summed E-state index contributed by atoms with van der Waals surface area (Å²) in [5.74, 6) is 1.90. The molecular weight excluding hydrogens is 258 g/mol. The summed E-state index contributed by atoms with van der Waals surface area (Å²) in [4.78, 5) is 8.28. The lowest BCUT2D eigenvalue weighted by atomic mass is 10.1. The predicted octanol–water partition coefficient (Wildman–Crippen LogP) is 2.06. The lowest BCUT2D eigenvalue weighted by molar-refractivity contribution is 0.324. The molecule has 0 atom stereocenters. The summed E-state index contributed by atoms with van der Waals surface area (Å²) in [7, 11) is 4.70. The molecule has 0 spiro atoms. The molecule has 0 radical (unpaired) electrons. The van der Waals surface area contributed by atoms with Gasteiger partial charge in [-0.1, -0.05) is 0 Å². The summed E-state index contributed by atoms with van der Waals surface area (Å²) in [6.07, 6.45) is 0. The molecule has 1 aromatic carbocycles. The molecule has 0 fully saturated rings. The molecule has 0 saturated carbocycles. The van der Waals surface area contributed by atoms with Crippen molar-refractivity contribution < 1.29 is 14.2 Å². The van der Waals surface area contributed by atoms with E-state index in [4.69, 9.17) is 19.9 Å². The van der Waals surface area contributed by atoms with Crippen LogP contribution in [0.3, 0.4) is 0 Å². The first-order chi connectivity index (χ1) is 9.58. The fourth-order valence-corrected chi connectivity index (χ4v) is 1.97. The lowest BCUT2D eigenvalue weighted by Crippen LogP contribution is -2.00. The van der Waals surface area contributed by atoms with Crippen LogP contribution >= 0.6 is 0 Å². The van der Waals surface area contributed by atoms with E-state index in [1.165, 1.54) is 0 Å². The second-order valence-corrected chi connectivity index (χ2v) is 4.17. The van der Waals surface area contributed by atoms with Gasteiger partial charge < -0.3 is 19.9 Å². The zero-order chi connectivity index (χ0) is 14.7. The van der Waals surface area contributed by atoms with Gasteiger partial charge in [0, 0.05) is 11.3 Å². The van der Waals surface area contributed by atoms with Crippen LogP contribution in [0.15, 0.2) is 18.2 Å². The second-order valence-electron chi connectivity index (χ2n) is 4.17. The second kappa shape index (κ2) is 5.64. The maximum absolute atomic E-state index is 5.68. The first kappa shape index (κ1) is 13.9. The van der Waals surface area contributed by atoms with Crippen molar-refractivity contribution in [3.8, 4) is 28.5 Å². The molecule has 0 saturated heterocycles. The Labute approximate surface area is 117 Å². The fourth-order valence-electron chi connectivity index (χ4n) is 1.97. The number of aromatic nitrogens is 2. The van der Waals surface area contributed by atoms with Crippen molar-refractivity contribution in [1.82, 2.24) is 9.97 Å². The summed E-state index contributed by atoms with van der Waals surface area (Å²) in [6, 6.07) is 5.49. The quantitative estimate of drug-likeness (QED) is 0.920. The summed E-state index contributed by atoms with van der Waals surface area (Å²) in [5.41, 5.74) is 8.00. The average molecular weight is 275 g/mol. The largest absolute Gasteiger partial charge is 0.493 e. The Balaban J connectivity index is 2.62. The number of methoxy groups -OCH3 is 3. The maximum Gasteiger partial charge on any atom is 0.220 e. The van der Waals surface area contributed by atoms with Gasteiger partial charge in [0.05, 0.1) is 27.0 Å². The number of ether oxygens (including phenoxy) is 3. The van der Waals surface area contributed by atoms with Gasteiger partial charge in [-0.25, -0.2) is 9.97 Å². The van der Waals surface area contributed by atoms with Crippen LogP contribution < -0.4 is 19.9 Å². The van der Waals surface area contributed by atoms with Crippen molar-refractivity contribution in [3.63, 3.8) is 0 Å². The maximum atomic E-state index is 5.68.